The first-order valence-corrected chi connectivity index (χ1v) is 11.4. The molecule has 2 N–H and O–H groups in total. The molecule has 0 spiro atoms. The number of aromatic hydroxyl groups is 1. The van der Waals surface area contributed by atoms with Gasteiger partial charge >= 0.3 is 0 Å². The molecule has 0 aliphatic carbocycles. The molecule has 152 valence electrons. The molecule has 0 saturated carbocycles. The number of thiazole rings is 1. The number of nitrogens with one attached hydrogen (secondary N) is 1. The first-order valence-electron chi connectivity index (χ1n) is 9.08. The highest BCUT2D eigenvalue weighted by Crippen LogP contribution is 2.27. The predicted octanol–water partition coefficient (Wildman–Crippen LogP) is 3.99. The first-order chi connectivity index (χ1) is 13.9. The van der Waals surface area contributed by atoms with Crippen LogP contribution in [-0.2, 0) is 10.0 Å². The first kappa shape index (κ1) is 21.0. The van der Waals surface area contributed by atoms with Crippen LogP contribution < -0.4 is 5.43 Å². The molecule has 3 rings (SSSR count). The van der Waals surface area contributed by atoms with Crippen LogP contribution in [-0.4, -0.2) is 42.1 Å². The van der Waals surface area contributed by atoms with Crippen molar-refractivity contribution in [2.45, 2.75) is 18.7 Å². The van der Waals surface area contributed by atoms with Crippen LogP contribution in [0.1, 0.15) is 19.4 Å². The van der Waals surface area contributed by atoms with E-state index < -0.39 is 10.0 Å². The zero-order valence-electron chi connectivity index (χ0n) is 16.1. The zero-order chi connectivity index (χ0) is 20.9. The lowest BCUT2D eigenvalue weighted by Gasteiger charge is -2.18. The van der Waals surface area contributed by atoms with E-state index in [2.05, 4.69) is 15.5 Å². The van der Waals surface area contributed by atoms with Gasteiger partial charge in [0.25, 0.3) is 0 Å². The Morgan fingerprint density at radius 3 is 2.59 bits per heavy atom. The molecule has 0 unspecified atom stereocenters. The molecule has 0 aliphatic heterocycles. The van der Waals surface area contributed by atoms with Gasteiger partial charge in [0.1, 0.15) is 5.75 Å². The highest BCUT2D eigenvalue weighted by Gasteiger charge is 2.22. The number of hydrogen-bond acceptors (Lipinski definition) is 7. The minimum absolute atomic E-state index is 0.199. The third-order valence-corrected chi connectivity index (χ3v) is 7.04. The Balaban J connectivity index is 1.76. The summed E-state index contributed by atoms with van der Waals surface area (Å²) in [6.07, 6.45) is 1.62. The number of benzene rings is 2. The van der Waals surface area contributed by atoms with E-state index in [0.29, 0.717) is 23.9 Å². The number of hydrazone groups is 1. The van der Waals surface area contributed by atoms with Gasteiger partial charge in [0.05, 0.1) is 16.8 Å². The van der Waals surface area contributed by atoms with Crippen LogP contribution in [0.3, 0.4) is 0 Å². The van der Waals surface area contributed by atoms with Gasteiger partial charge in [-0.2, -0.15) is 9.41 Å². The van der Waals surface area contributed by atoms with Crippen LogP contribution in [0, 0.1) is 0 Å². The van der Waals surface area contributed by atoms with E-state index in [-0.39, 0.29) is 10.6 Å². The van der Waals surface area contributed by atoms with E-state index >= 15 is 0 Å². The van der Waals surface area contributed by atoms with Crippen molar-refractivity contribution in [1.82, 2.24) is 9.29 Å². The molecule has 0 bridgehead atoms. The van der Waals surface area contributed by atoms with Gasteiger partial charge in [0.2, 0.25) is 15.2 Å². The molecule has 9 heteroatoms. The Kier molecular flexibility index (Phi) is 6.63. The number of aromatic nitrogens is 1. The Bertz CT molecular complexity index is 1090. The van der Waals surface area contributed by atoms with Gasteiger partial charge in [-0.05, 0) is 42.0 Å². The lowest BCUT2D eigenvalue weighted by Crippen LogP contribution is -2.30. The largest absolute Gasteiger partial charge is 0.508 e. The average Bonchev–Trinajstić information content (AvgIpc) is 3.19. The zero-order valence-corrected chi connectivity index (χ0v) is 17.7. The van der Waals surface area contributed by atoms with E-state index in [4.69, 9.17) is 0 Å². The summed E-state index contributed by atoms with van der Waals surface area (Å²) in [5, 5.41) is 15.9. The highest BCUT2D eigenvalue weighted by molar-refractivity contribution is 7.89. The van der Waals surface area contributed by atoms with E-state index in [1.54, 1.807) is 48.7 Å². The van der Waals surface area contributed by atoms with Gasteiger partial charge in [0.15, 0.2) is 0 Å². The van der Waals surface area contributed by atoms with Gasteiger partial charge in [-0.3, -0.25) is 5.43 Å². The Labute approximate surface area is 174 Å². The summed E-state index contributed by atoms with van der Waals surface area (Å²) in [7, 11) is -3.52. The summed E-state index contributed by atoms with van der Waals surface area (Å²) in [4.78, 5) is 4.74. The molecule has 0 fully saturated rings. The highest BCUT2D eigenvalue weighted by atomic mass is 32.2. The fraction of sp³-hybridized carbons (Fsp3) is 0.200. The average molecular weight is 431 g/mol. The van der Waals surface area contributed by atoms with Gasteiger partial charge in [-0.1, -0.05) is 26.0 Å². The van der Waals surface area contributed by atoms with Crippen LogP contribution in [0.5, 0.6) is 5.75 Å². The van der Waals surface area contributed by atoms with Gasteiger partial charge in [-0.25, -0.2) is 13.4 Å². The quantitative estimate of drug-likeness (QED) is 0.416. The second kappa shape index (κ2) is 9.17. The number of phenolic OH excluding ortho intramolecular Hbond substituents is 1. The van der Waals surface area contributed by atoms with Gasteiger partial charge in [0, 0.05) is 24.0 Å². The molecule has 29 heavy (non-hydrogen) atoms. The lowest BCUT2D eigenvalue weighted by atomic mass is 10.2. The van der Waals surface area contributed by atoms with Crippen molar-refractivity contribution in [3.8, 4) is 17.0 Å². The van der Waals surface area contributed by atoms with Crippen LogP contribution in [0.4, 0.5) is 5.13 Å². The van der Waals surface area contributed by atoms with Crippen LogP contribution in [0.2, 0.25) is 0 Å². The van der Waals surface area contributed by atoms with Gasteiger partial charge in [-0.15, -0.1) is 11.3 Å². The van der Waals surface area contributed by atoms with Crippen molar-refractivity contribution < 1.29 is 13.5 Å². The third kappa shape index (κ3) is 5.00. The standard InChI is InChI=1S/C20H22N4O3S2/c1-3-24(4-2)29(26,27)18-7-5-6-16(12-18)19-14-28-20(22-19)23-21-13-15-8-10-17(25)11-9-15/h5-14,25H,3-4H2,1-2H3,(H,22,23)/b21-13+. The minimum Gasteiger partial charge on any atom is -0.508 e. The maximum absolute atomic E-state index is 12.7. The van der Waals surface area contributed by atoms with Crippen molar-refractivity contribution in [2.75, 3.05) is 18.5 Å². The Morgan fingerprint density at radius 1 is 1.17 bits per heavy atom. The molecule has 0 amide bonds. The molecule has 0 aliphatic rings. The Hall–Kier alpha value is -2.75. The molecule has 7 nitrogen and oxygen atoms in total. The summed E-state index contributed by atoms with van der Waals surface area (Å²) < 4.78 is 26.9. The van der Waals surface area contributed by atoms with Crippen LogP contribution >= 0.6 is 11.3 Å². The van der Waals surface area contributed by atoms with Crippen molar-refractivity contribution >= 4 is 32.7 Å². The van der Waals surface area contributed by atoms with Gasteiger partial charge < -0.3 is 5.11 Å². The van der Waals surface area contributed by atoms with Crippen LogP contribution in [0.15, 0.2) is 63.9 Å². The maximum atomic E-state index is 12.7. The van der Waals surface area contributed by atoms with E-state index in [1.807, 2.05) is 25.3 Å². The molecule has 2 aromatic carbocycles. The summed E-state index contributed by atoms with van der Waals surface area (Å²) in [6.45, 7) is 4.49. The fourth-order valence-corrected chi connectivity index (χ4v) is 4.88. The second-order valence-electron chi connectivity index (χ2n) is 6.12. The Morgan fingerprint density at radius 2 is 1.90 bits per heavy atom. The lowest BCUT2D eigenvalue weighted by molar-refractivity contribution is 0.445. The van der Waals surface area contributed by atoms with E-state index in [9.17, 15) is 13.5 Å². The summed E-state index contributed by atoms with van der Waals surface area (Å²) >= 11 is 1.37. The second-order valence-corrected chi connectivity index (χ2v) is 8.91. The molecule has 1 aromatic heterocycles. The van der Waals surface area contributed by atoms with E-state index in [0.717, 1.165) is 11.1 Å². The van der Waals surface area contributed by atoms with Crippen molar-refractivity contribution in [3.05, 3.63) is 59.5 Å². The molecule has 0 saturated heterocycles. The van der Waals surface area contributed by atoms with Crippen LogP contribution in [0.25, 0.3) is 11.3 Å². The SMILES string of the molecule is CCN(CC)S(=O)(=O)c1cccc(-c2csc(N/N=C/c3ccc(O)cc3)n2)c1. The fourth-order valence-electron chi connectivity index (χ4n) is 2.71. The van der Waals surface area contributed by atoms with E-state index in [1.165, 1.54) is 15.6 Å². The number of phenols is 1. The van der Waals surface area contributed by atoms with Crippen molar-refractivity contribution in [1.29, 1.82) is 0 Å². The smallest absolute Gasteiger partial charge is 0.243 e. The molecular weight excluding hydrogens is 408 g/mol. The number of nitrogens with zero attached hydrogens (tertiary/aromatic N) is 3. The summed E-state index contributed by atoms with van der Waals surface area (Å²) in [5.74, 6) is 0.199. The number of hydrogen-bond donors (Lipinski definition) is 2. The predicted molar refractivity (Wildman–Crippen MR) is 117 cm³/mol. The molecular formula is C20H22N4O3S2. The number of anilines is 1. The molecule has 1 heterocycles. The van der Waals surface area contributed by atoms with Crippen molar-refractivity contribution in [2.24, 2.45) is 5.10 Å². The topological polar surface area (TPSA) is 94.9 Å². The normalized spacial score (nSPS) is 12.0. The monoisotopic (exact) mass is 430 g/mol. The number of sulfonamides is 1. The maximum Gasteiger partial charge on any atom is 0.243 e. The molecule has 0 atom stereocenters. The number of rotatable bonds is 8. The molecule has 0 radical (unpaired) electrons. The third-order valence-electron chi connectivity index (χ3n) is 4.24. The minimum atomic E-state index is -3.52. The summed E-state index contributed by atoms with van der Waals surface area (Å²) in [6, 6.07) is 13.5. The molecule has 3 aromatic rings. The summed E-state index contributed by atoms with van der Waals surface area (Å²) in [5.41, 5.74) is 5.10. The van der Waals surface area contributed by atoms with Crippen molar-refractivity contribution in [3.63, 3.8) is 0 Å².